The predicted molar refractivity (Wildman–Crippen MR) is 32.6 cm³/mol. The second kappa shape index (κ2) is 4.18. The van der Waals surface area contributed by atoms with Crippen LogP contribution in [0.3, 0.4) is 0 Å². The van der Waals surface area contributed by atoms with Crippen molar-refractivity contribution in [3.05, 3.63) is 0 Å². The molecule has 0 amide bonds. The van der Waals surface area contributed by atoms with Gasteiger partial charge in [0.1, 0.15) is 0 Å². The third kappa shape index (κ3) is 3.13. The fourth-order valence-corrected chi connectivity index (χ4v) is 0.518. The van der Waals surface area contributed by atoms with Crippen molar-refractivity contribution in [1.29, 1.82) is 0 Å². The van der Waals surface area contributed by atoms with E-state index in [0.29, 0.717) is 0 Å². The standard InChI is InChI=1S/C6H4F10O/c1-2(7)3(8,9)5(13,14)17-6(15,16)4(10,11)12/h2H,1H3. The molecule has 0 bridgehead atoms. The normalized spacial score (nSPS) is 17.1. The summed E-state index contributed by atoms with van der Waals surface area (Å²) in [5.74, 6) is -5.83. The van der Waals surface area contributed by atoms with E-state index in [-0.39, 0.29) is 6.92 Å². The smallest absolute Gasteiger partial charge is 0.243 e. The lowest BCUT2D eigenvalue weighted by atomic mass is 10.2. The Bertz CT molecular complexity index is 266. The van der Waals surface area contributed by atoms with Crippen molar-refractivity contribution in [3.63, 3.8) is 0 Å². The maximum absolute atomic E-state index is 12.3. The first-order chi connectivity index (χ1) is 7.15. The molecule has 0 aromatic rings. The molecular weight excluding hydrogens is 278 g/mol. The summed E-state index contributed by atoms with van der Waals surface area (Å²) in [6, 6.07) is 0. The lowest BCUT2D eigenvalue weighted by molar-refractivity contribution is -0.489. The largest absolute Gasteiger partial charge is 0.483 e. The average Bonchev–Trinajstić information content (AvgIpc) is 1.98. The Morgan fingerprint density at radius 3 is 1.35 bits per heavy atom. The fraction of sp³-hybridized carbons (Fsp3) is 1.00. The van der Waals surface area contributed by atoms with Gasteiger partial charge in [-0.1, -0.05) is 0 Å². The molecule has 0 aliphatic rings. The number of ether oxygens (including phenoxy) is 1. The minimum Gasteiger partial charge on any atom is -0.243 e. The number of hydrogen-bond acceptors (Lipinski definition) is 1. The zero-order valence-electron chi connectivity index (χ0n) is 7.77. The van der Waals surface area contributed by atoms with E-state index in [9.17, 15) is 43.9 Å². The van der Waals surface area contributed by atoms with E-state index in [4.69, 9.17) is 0 Å². The summed E-state index contributed by atoms with van der Waals surface area (Å²) >= 11 is 0. The average molecular weight is 282 g/mol. The second-order valence-corrected chi connectivity index (χ2v) is 2.87. The Labute approximate surface area is 87.3 Å². The van der Waals surface area contributed by atoms with Gasteiger partial charge in [0.05, 0.1) is 0 Å². The van der Waals surface area contributed by atoms with Crippen molar-refractivity contribution in [1.82, 2.24) is 0 Å². The van der Waals surface area contributed by atoms with E-state index < -0.39 is 30.5 Å². The molecule has 0 heterocycles. The van der Waals surface area contributed by atoms with Gasteiger partial charge in [-0.05, 0) is 6.92 Å². The van der Waals surface area contributed by atoms with Crippen LogP contribution < -0.4 is 0 Å². The van der Waals surface area contributed by atoms with Crippen LogP contribution in [0.2, 0.25) is 0 Å². The molecule has 0 radical (unpaired) electrons. The first kappa shape index (κ1) is 16.3. The lowest BCUT2D eigenvalue weighted by Gasteiger charge is -2.30. The van der Waals surface area contributed by atoms with Crippen LogP contribution >= 0.6 is 0 Å². The summed E-state index contributed by atoms with van der Waals surface area (Å²) in [4.78, 5) is 0. The highest BCUT2D eigenvalue weighted by Crippen LogP contribution is 2.46. The molecule has 0 spiro atoms. The highest BCUT2D eigenvalue weighted by Gasteiger charge is 2.71. The molecule has 104 valence electrons. The van der Waals surface area contributed by atoms with Gasteiger partial charge < -0.3 is 0 Å². The van der Waals surface area contributed by atoms with Crippen molar-refractivity contribution in [2.24, 2.45) is 0 Å². The van der Waals surface area contributed by atoms with E-state index in [2.05, 4.69) is 0 Å². The first-order valence-electron chi connectivity index (χ1n) is 3.69. The minimum absolute atomic E-state index is 0.150. The molecule has 1 unspecified atom stereocenters. The topological polar surface area (TPSA) is 9.23 Å². The van der Waals surface area contributed by atoms with Crippen molar-refractivity contribution in [2.45, 2.75) is 37.4 Å². The molecule has 0 aromatic carbocycles. The monoisotopic (exact) mass is 282 g/mol. The molecule has 0 aliphatic carbocycles. The van der Waals surface area contributed by atoms with E-state index in [1.54, 1.807) is 4.74 Å². The Morgan fingerprint density at radius 1 is 0.765 bits per heavy atom. The van der Waals surface area contributed by atoms with Gasteiger partial charge in [-0.3, -0.25) is 0 Å². The van der Waals surface area contributed by atoms with E-state index in [1.165, 1.54) is 0 Å². The van der Waals surface area contributed by atoms with Crippen molar-refractivity contribution < 1.29 is 48.6 Å². The zero-order chi connectivity index (χ0) is 14.3. The van der Waals surface area contributed by atoms with Crippen LogP contribution in [0.4, 0.5) is 43.9 Å². The van der Waals surface area contributed by atoms with Gasteiger partial charge >= 0.3 is 24.3 Å². The SMILES string of the molecule is CC(F)C(F)(F)C(F)(F)OC(F)(F)C(F)(F)F. The van der Waals surface area contributed by atoms with E-state index >= 15 is 0 Å². The maximum Gasteiger partial charge on any atom is 0.483 e. The van der Waals surface area contributed by atoms with Crippen molar-refractivity contribution in [2.75, 3.05) is 0 Å². The number of hydrogen-bond donors (Lipinski definition) is 0. The molecular formula is C6H4F10O. The number of alkyl halides is 10. The molecule has 0 aliphatic heterocycles. The molecule has 0 saturated heterocycles. The quantitative estimate of drug-likeness (QED) is 0.714. The van der Waals surface area contributed by atoms with Gasteiger partial charge in [0.25, 0.3) is 0 Å². The van der Waals surface area contributed by atoms with Crippen molar-refractivity contribution in [3.8, 4) is 0 Å². The predicted octanol–water partition coefficient (Wildman–Crippen LogP) is 3.74. The molecule has 0 rings (SSSR count). The lowest BCUT2D eigenvalue weighted by Crippen LogP contribution is -2.55. The van der Waals surface area contributed by atoms with Crippen LogP contribution in [0.5, 0.6) is 0 Å². The summed E-state index contributed by atoms with van der Waals surface area (Å²) < 4.78 is 121. The Kier molecular flexibility index (Phi) is 3.99. The Balaban J connectivity index is 5.14. The Hall–Kier alpha value is -0.740. The number of rotatable bonds is 4. The molecule has 0 N–H and O–H groups in total. The molecule has 0 fully saturated rings. The third-order valence-corrected chi connectivity index (χ3v) is 1.47. The van der Waals surface area contributed by atoms with E-state index in [1.807, 2.05) is 0 Å². The van der Waals surface area contributed by atoms with E-state index in [0.717, 1.165) is 0 Å². The molecule has 11 heteroatoms. The highest BCUT2D eigenvalue weighted by atomic mass is 19.4. The third-order valence-electron chi connectivity index (χ3n) is 1.47. The minimum atomic E-state index is -6.63. The molecule has 0 aromatic heterocycles. The second-order valence-electron chi connectivity index (χ2n) is 2.87. The number of halogens is 10. The van der Waals surface area contributed by atoms with Gasteiger partial charge in [0, 0.05) is 0 Å². The molecule has 1 nitrogen and oxygen atoms in total. The maximum atomic E-state index is 12.3. The zero-order valence-corrected chi connectivity index (χ0v) is 7.77. The van der Waals surface area contributed by atoms with Gasteiger partial charge in [-0.25, -0.2) is 9.13 Å². The summed E-state index contributed by atoms with van der Waals surface area (Å²) in [7, 11) is 0. The van der Waals surface area contributed by atoms with Crippen LogP contribution in [-0.4, -0.2) is 30.5 Å². The van der Waals surface area contributed by atoms with Gasteiger partial charge in [0.15, 0.2) is 6.17 Å². The summed E-state index contributed by atoms with van der Waals surface area (Å²) in [5.41, 5.74) is 0. The van der Waals surface area contributed by atoms with Crippen LogP contribution in [0, 0.1) is 0 Å². The van der Waals surface area contributed by atoms with Gasteiger partial charge in [0.2, 0.25) is 0 Å². The molecule has 17 heavy (non-hydrogen) atoms. The highest BCUT2D eigenvalue weighted by molar-refractivity contribution is 4.84. The van der Waals surface area contributed by atoms with Gasteiger partial charge in [-0.2, -0.15) is 39.5 Å². The summed E-state index contributed by atoms with van der Waals surface area (Å²) in [5, 5.41) is 0. The molecule has 0 saturated carbocycles. The van der Waals surface area contributed by atoms with Crippen LogP contribution in [0.25, 0.3) is 0 Å². The summed E-state index contributed by atoms with van der Waals surface area (Å²) in [6.45, 7) is -0.150. The molecule has 1 atom stereocenters. The van der Waals surface area contributed by atoms with Crippen LogP contribution in [-0.2, 0) is 4.74 Å². The Morgan fingerprint density at radius 2 is 1.12 bits per heavy atom. The van der Waals surface area contributed by atoms with Crippen molar-refractivity contribution >= 4 is 0 Å². The first-order valence-corrected chi connectivity index (χ1v) is 3.69. The van der Waals surface area contributed by atoms with Crippen LogP contribution in [0.1, 0.15) is 6.92 Å². The van der Waals surface area contributed by atoms with Gasteiger partial charge in [-0.15, -0.1) is 0 Å². The summed E-state index contributed by atoms with van der Waals surface area (Å²) in [6.07, 6.45) is -23.2. The fourth-order valence-electron chi connectivity index (χ4n) is 0.518. The van der Waals surface area contributed by atoms with Crippen LogP contribution in [0.15, 0.2) is 0 Å².